The lowest BCUT2D eigenvalue weighted by Gasteiger charge is -2.35. The summed E-state index contributed by atoms with van der Waals surface area (Å²) in [5.74, 6) is -0.797. The van der Waals surface area contributed by atoms with Crippen molar-refractivity contribution in [3.05, 3.63) is 88.7 Å². The molecule has 1 N–H and O–H groups in total. The number of nitrogens with zero attached hydrogens (tertiary/aromatic N) is 2. The van der Waals surface area contributed by atoms with E-state index in [-0.39, 0.29) is 23.9 Å². The number of piperazine rings is 1. The topological polar surface area (TPSA) is 69.7 Å². The quantitative estimate of drug-likeness (QED) is 0.573. The van der Waals surface area contributed by atoms with Crippen LogP contribution in [0, 0.1) is 12.7 Å². The highest BCUT2D eigenvalue weighted by atomic mass is 35.5. The van der Waals surface area contributed by atoms with Gasteiger partial charge in [-0.05, 0) is 61.5 Å². The zero-order chi connectivity index (χ0) is 23.6. The summed E-state index contributed by atoms with van der Waals surface area (Å²) in [6.45, 7) is 3.09. The second-order valence-electron chi connectivity index (χ2n) is 7.83. The first-order valence-electron chi connectivity index (χ1n) is 10.4. The van der Waals surface area contributed by atoms with Crippen molar-refractivity contribution >= 4 is 38.9 Å². The monoisotopic (exact) mass is 487 g/mol. The predicted octanol–water partition coefficient (Wildman–Crippen LogP) is 4.55. The number of anilines is 2. The Balaban J connectivity index is 1.41. The van der Waals surface area contributed by atoms with Gasteiger partial charge in [0.25, 0.3) is 5.91 Å². The minimum Gasteiger partial charge on any atom is -0.367 e. The molecule has 33 heavy (non-hydrogen) atoms. The molecule has 9 heteroatoms. The molecule has 0 saturated carbocycles. The molecule has 3 aromatic rings. The maximum atomic E-state index is 14.8. The number of benzene rings is 3. The summed E-state index contributed by atoms with van der Waals surface area (Å²) >= 11 is 5.85. The van der Waals surface area contributed by atoms with Crippen molar-refractivity contribution in [1.29, 1.82) is 0 Å². The van der Waals surface area contributed by atoms with E-state index >= 15 is 0 Å². The van der Waals surface area contributed by atoms with Crippen LogP contribution in [0.1, 0.15) is 15.9 Å². The molecular formula is C24H23ClFN3O3S. The Kier molecular flexibility index (Phi) is 6.69. The van der Waals surface area contributed by atoms with Crippen molar-refractivity contribution in [2.24, 2.45) is 0 Å². The number of amides is 1. The van der Waals surface area contributed by atoms with E-state index in [9.17, 15) is 17.6 Å². The molecule has 1 aliphatic rings. The summed E-state index contributed by atoms with van der Waals surface area (Å²) < 4.78 is 41.9. The van der Waals surface area contributed by atoms with Crippen molar-refractivity contribution in [2.45, 2.75) is 11.8 Å². The first-order chi connectivity index (χ1) is 15.7. The van der Waals surface area contributed by atoms with Crippen LogP contribution in [0.5, 0.6) is 0 Å². The van der Waals surface area contributed by atoms with Crippen molar-refractivity contribution in [3.63, 3.8) is 0 Å². The highest BCUT2D eigenvalue weighted by Gasteiger charge is 2.29. The number of nitrogens with one attached hydrogen (secondary N) is 1. The third-order valence-electron chi connectivity index (χ3n) is 5.55. The molecule has 0 unspecified atom stereocenters. The number of carbonyl (C=O) groups is 1. The second-order valence-corrected chi connectivity index (χ2v) is 10.2. The van der Waals surface area contributed by atoms with Crippen molar-refractivity contribution in [2.75, 3.05) is 36.4 Å². The van der Waals surface area contributed by atoms with Crippen LogP contribution < -0.4 is 10.2 Å². The lowest BCUT2D eigenvalue weighted by atomic mass is 10.1. The number of carbonyl (C=O) groups excluding carboxylic acids is 1. The Hall–Kier alpha value is -2.94. The fourth-order valence-corrected chi connectivity index (χ4v) is 5.22. The normalized spacial score (nSPS) is 14.8. The zero-order valence-corrected chi connectivity index (χ0v) is 19.5. The minimum atomic E-state index is -3.64. The van der Waals surface area contributed by atoms with E-state index in [0.29, 0.717) is 35.1 Å². The molecule has 172 valence electrons. The lowest BCUT2D eigenvalue weighted by Crippen LogP contribution is -2.48. The van der Waals surface area contributed by atoms with Crippen molar-refractivity contribution < 1.29 is 17.6 Å². The Labute approximate surface area is 197 Å². The molecule has 1 heterocycles. The van der Waals surface area contributed by atoms with E-state index in [1.165, 1.54) is 22.5 Å². The Morgan fingerprint density at radius 2 is 1.58 bits per heavy atom. The van der Waals surface area contributed by atoms with E-state index in [1.54, 1.807) is 41.3 Å². The number of hydrogen-bond donors (Lipinski definition) is 1. The number of sulfonamides is 1. The van der Waals surface area contributed by atoms with Gasteiger partial charge in [-0.3, -0.25) is 4.79 Å². The molecule has 0 aliphatic carbocycles. The van der Waals surface area contributed by atoms with Gasteiger partial charge in [-0.2, -0.15) is 4.31 Å². The molecule has 1 fully saturated rings. The average Bonchev–Trinajstić information content (AvgIpc) is 2.80. The standard InChI is InChI=1S/C24H23ClFN3O3S/c1-17-2-4-18(5-3-17)24(30)27-20-8-11-23(22(26)16-20)28-12-14-29(15-13-28)33(31,32)21-9-6-19(25)7-10-21/h2-11,16H,12-15H2,1H3,(H,27,30). The third-order valence-corrected chi connectivity index (χ3v) is 7.71. The second kappa shape index (κ2) is 9.51. The molecule has 0 radical (unpaired) electrons. The molecule has 3 aromatic carbocycles. The molecule has 0 spiro atoms. The van der Waals surface area contributed by atoms with Gasteiger partial charge in [-0.15, -0.1) is 0 Å². The molecule has 1 aliphatic heterocycles. The predicted molar refractivity (Wildman–Crippen MR) is 128 cm³/mol. The fraction of sp³-hybridized carbons (Fsp3) is 0.208. The number of rotatable bonds is 5. The van der Waals surface area contributed by atoms with Gasteiger partial charge in [0.1, 0.15) is 5.82 Å². The van der Waals surface area contributed by atoms with E-state index in [1.807, 2.05) is 19.1 Å². The SMILES string of the molecule is Cc1ccc(C(=O)Nc2ccc(N3CCN(S(=O)(=O)c4ccc(Cl)cc4)CC3)c(F)c2)cc1. The molecule has 4 rings (SSSR count). The molecule has 1 saturated heterocycles. The summed E-state index contributed by atoms with van der Waals surface area (Å²) in [4.78, 5) is 14.4. The summed E-state index contributed by atoms with van der Waals surface area (Å²) in [7, 11) is -3.64. The van der Waals surface area contributed by atoms with Gasteiger partial charge in [0.2, 0.25) is 10.0 Å². The molecule has 0 aromatic heterocycles. The molecule has 0 atom stereocenters. The van der Waals surface area contributed by atoms with E-state index in [4.69, 9.17) is 11.6 Å². The van der Waals surface area contributed by atoms with Gasteiger partial charge in [-0.1, -0.05) is 29.3 Å². The average molecular weight is 488 g/mol. The first-order valence-corrected chi connectivity index (χ1v) is 12.2. The summed E-state index contributed by atoms with van der Waals surface area (Å²) in [6, 6.07) is 17.7. The number of hydrogen-bond acceptors (Lipinski definition) is 4. The van der Waals surface area contributed by atoms with E-state index in [2.05, 4.69) is 5.32 Å². The zero-order valence-electron chi connectivity index (χ0n) is 18.0. The maximum absolute atomic E-state index is 14.8. The lowest BCUT2D eigenvalue weighted by molar-refractivity contribution is 0.102. The number of halogens is 2. The van der Waals surface area contributed by atoms with Crippen LogP contribution in [0.4, 0.5) is 15.8 Å². The van der Waals surface area contributed by atoms with Crippen LogP contribution in [0.3, 0.4) is 0 Å². The minimum absolute atomic E-state index is 0.181. The maximum Gasteiger partial charge on any atom is 0.255 e. The molecule has 1 amide bonds. The first kappa shape index (κ1) is 23.2. The molecule has 6 nitrogen and oxygen atoms in total. The van der Waals surface area contributed by atoms with Crippen LogP contribution in [0.25, 0.3) is 0 Å². The number of aryl methyl sites for hydroxylation is 1. The van der Waals surface area contributed by atoms with Gasteiger partial charge in [-0.25, -0.2) is 12.8 Å². The smallest absolute Gasteiger partial charge is 0.255 e. The van der Waals surface area contributed by atoms with Gasteiger partial charge in [0.15, 0.2) is 0 Å². The molecular weight excluding hydrogens is 465 g/mol. The van der Waals surface area contributed by atoms with Crippen LogP contribution >= 0.6 is 11.6 Å². The van der Waals surface area contributed by atoms with Crippen molar-refractivity contribution in [3.8, 4) is 0 Å². The summed E-state index contributed by atoms with van der Waals surface area (Å²) in [6.07, 6.45) is 0. The van der Waals surface area contributed by atoms with E-state index < -0.39 is 15.8 Å². The van der Waals surface area contributed by atoms with Gasteiger partial charge in [0.05, 0.1) is 10.6 Å². The summed E-state index contributed by atoms with van der Waals surface area (Å²) in [5, 5.41) is 3.17. The van der Waals surface area contributed by atoms with Crippen LogP contribution in [-0.2, 0) is 10.0 Å². The Bertz CT molecular complexity index is 1260. The van der Waals surface area contributed by atoms with Crippen molar-refractivity contribution in [1.82, 2.24) is 4.31 Å². The fourth-order valence-electron chi connectivity index (χ4n) is 3.67. The highest BCUT2D eigenvalue weighted by molar-refractivity contribution is 7.89. The van der Waals surface area contributed by atoms with Gasteiger partial charge < -0.3 is 10.2 Å². The van der Waals surface area contributed by atoms with Crippen LogP contribution in [-0.4, -0.2) is 44.8 Å². The third kappa shape index (κ3) is 5.19. The largest absolute Gasteiger partial charge is 0.367 e. The Morgan fingerprint density at radius 3 is 2.18 bits per heavy atom. The van der Waals surface area contributed by atoms with Crippen LogP contribution in [0.15, 0.2) is 71.6 Å². The Morgan fingerprint density at radius 1 is 0.939 bits per heavy atom. The van der Waals surface area contributed by atoms with Crippen LogP contribution in [0.2, 0.25) is 5.02 Å². The molecule has 0 bridgehead atoms. The highest BCUT2D eigenvalue weighted by Crippen LogP contribution is 2.26. The van der Waals surface area contributed by atoms with Gasteiger partial charge >= 0.3 is 0 Å². The summed E-state index contributed by atoms with van der Waals surface area (Å²) in [5.41, 5.74) is 2.25. The van der Waals surface area contributed by atoms with E-state index in [0.717, 1.165) is 5.56 Å². The van der Waals surface area contributed by atoms with Gasteiger partial charge in [0, 0.05) is 42.5 Å².